The van der Waals surface area contributed by atoms with Crippen molar-refractivity contribution in [1.29, 1.82) is 0 Å². The molecule has 0 unspecified atom stereocenters. The van der Waals surface area contributed by atoms with Crippen molar-refractivity contribution in [3.63, 3.8) is 0 Å². The van der Waals surface area contributed by atoms with E-state index in [1.54, 1.807) is 0 Å². The van der Waals surface area contributed by atoms with E-state index in [9.17, 15) is 8.42 Å². The number of nitrogens with zero attached hydrogens (tertiary/aromatic N) is 1. The number of nitrogens with one attached hydrogen (secondary N) is 2. The maximum absolute atomic E-state index is 12.2. The Labute approximate surface area is 125 Å². The SMILES string of the molecule is NNc1ccncc1S(=O)(=O)NCc1cccc(Br)c1. The summed E-state index contributed by atoms with van der Waals surface area (Å²) in [6.07, 6.45) is 2.71. The monoisotopic (exact) mass is 356 g/mol. The van der Waals surface area contributed by atoms with Crippen LogP contribution >= 0.6 is 15.9 Å². The van der Waals surface area contributed by atoms with Crippen molar-refractivity contribution < 1.29 is 8.42 Å². The van der Waals surface area contributed by atoms with Crippen molar-refractivity contribution in [1.82, 2.24) is 9.71 Å². The average molecular weight is 357 g/mol. The Kier molecular flexibility index (Phi) is 4.71. The second-order valence-corrected chi connectivity index (χ2v) is 6.62. The molecule has 0 saturated heterocycles. The Morgan fingerprint density at radius 3 is 2.80 bits per heavy atom. The zero-order chi connectivity index (χ0) is 14.6. The van der Waals surface area contributed by atoms with E-state index in [0.29, 0.717) is 5.69 Å². The van der Waals surface area contributed by atoms with Crippen LogP contribution in [0.3, 0.4) is 0 Å². The Balaban J connectivity index is 2.19. The van der Waals surface area contributed by atoms with Crippen LogP contribution in [0.1, 0.15) is 5.56 Å². The van der Waals surface area contributed by atoms with Gasteiger partial charge in [0.25, 0.3) is 0 Å². The quantitative estimate of drug-likeness (QED) is 0.558. The maximum atomic E-state index is 12.2. The first-order valence-electron chi connectivity index (χ1n) is 5.67. The lowest BCUT2D eigenvalue weighted by atomic mass is 10.2. The van der Waals surface area contributed by atoms with Crippen molar-refractivity contribution in [2.75, 3.05) is 5.43 Å². The van der Waals surface area contributed by atoms with Gasteiger partial charge in [0, 0.05) is 23.4 Å². The standard InChI is InChI=1S/C12H13BrN4O2S/c13-10-3-1-2-9(6-10)7-16-20(18,19)12-8-15-5-4-11(12)17-14/h1-6,8,16H,7,14H2,(H,15,17). The average Bonchev–Trinajstić information content (AvgIpc) is 2.45. The van der Waals surface area contributed by atoms with Crippen molar-refractivity contribution >= 4 is 31.6 Å². The van der Waals surface area contributed by atoms with E-state index in [2.05, 4.69) is 31.1 Å². The van der Waals surface area contributed by atoms with Gasteiger partial charge in [0.15, 0.2) is 0 Å². The summed E-state index contributed by atoms with van der Waals surface area (Å²) in [4.78, 5) is 3.82. The highest BCUT2D eigenvalue weighted by molar-refractivity contribution is 9.10. The van der Waals surface area contributed by atoms with E-state index in [1.807, 2.05) is 24.3 Å². The van der Waals surface area contributed by atoms with E-state index >= 15 is 0 Å². The number of aromatic nitrogens is 1. The summed E-state index contributed by atoms with van der Waals surface area (Å²) >= 11 is 3.34. The largest absolute Gasteiger partial charge is 0.323 e. The third kappa shape index (κ3) is 3.54. The van der Waals surface area contributed by atoms with Gasteiger partial charge in [0.2, 0.25) is 10.0 Å². The van der Waals surface area contributed by atoms with Crippen molar-refractivity contribution in [2.45, 2.75) is 11.4 Å². The molecule has 0 radical (unpaired) electrons. The number of pyridine rings is 1. The zero-order valence-electron chi connectivity index (χ0n) is 10.4. The lowest BCUT2D eigenvalue weighted by Crippen LogP contribution is -2.25. The van der Waals surface area contributed by atoms with Gasteiger partial charge in [0.1, 0.15) is 4.90 Å². The van der Waals surface area contributed by atoms with Crippen LogP contribution in [0.15, 0.2) is 52.1 Å². The summed E-state index contributed by atoms with van der Waals surface area (Å²) in [5, 5.41) is 0. The Bertz CT molecular complexity index is 706. The van der Waals surface area contributed by atoms with Crippen LogP contribution < -0.4 is 16.0 Å². The molecule has 20 heavy (non-hydrogen) atoms. The smallest absolute Gasteiger partial charge is 0.244 e. The first kappa shape index (κ1) is 14.9. The van der Waals surface area contributed by atoms with Crippen molar-refractivity contribution in [2.24, 2.45) is 5.84 Å². The molecule has 0 bridgehead atoms. The summed E-state index contributed by atoms with van der Waals surface area (Å²) in [5.41, 5.74) is 3.48. The first-order valence-corrected chi connectivity index (χ1v) is 7.95. The van der Waals surface area contributed by atoms with Gasteiger partial charge in [0.05, 0.1) is 5.69 Å². The van der Waals surface area contributed by atoms with Crippen LogP contribution in [0.2, 0.25) is 0 Å². The fraction of sp³-hybridized carbons (Fsp3) is 0.0833. The molecular weight excluding hydrogens is 344 g/mol. The van der Waals surface area contributed by atoms with Gasteiger partial charge in [-0.05, 0) is 23.8 Å². The minimum absolute atomic E-state index is 0.0116. The molecular formula is C12H13BrN4O2S. The highest BCUT2D eigenvalue weighted by Crippen LogP contribution is 2.19. The van der Waals surface area contributed by atoms with Crippen LogP contribution in [-0.2, 0) is 16.6 Å². The van der Waals surface area contributed by atoms with Gasteiger partial charge in [-0.1, -0.05) is 28.1 Å². The first-order chi connectivity index (χ1) is 9.53. The summed E-state index contributed by atoms with van der Waals surface area (Å²) in [5.74, 6) is 5.30. The highest BCUT2D eigenvalue weighted by Gasteiger charge is 2.18. The number of benzene rings is 1. The molecule has 1 aromatic carbocycles. The molecule has 0 spiro atoms. The van der Waals surface area contributed by atoms with Crippen molar-refractivity contribution in [3.8, 4) is 0 Å². The summed E-state index contributed by atoms with van der Waals surface area (Å²) in [7, 11) is -3.68. The van der Waals surface area contributed by atoms with Gasteiger partial charge in [-0.2, -0.15) is 0 Å². The number of nitrogen functional groups attached to an aromatic ring is 1. The number of hydrogen-bond acceptors (Lipinski definition) is 5. The third-order valence-corrected chi connectivity index (χ3v) is 4.51. The minimum atomic E-state index is -3.68. The maximum Gasteiger partial charge on any atom is 0.244 e. The fourth-order valence-corrected chi connectivity index (χ4v) is 3.19. The molecule has 0 aliphatic rings. The lowest BCUT2D eigenvalue weighted by molar-refractivity contribution is 0.581. The molecule has 8 heteroatoms. The number of hydrogen-bond donors (Lipinski definition) is 3. The second kappa shape index (κ2) is 6.31. The molecule has 1 heterocycles. The number of anilines is 1. The molecule has 0 saturated carbocycles. The summed E-state index contributed by atoms with van der Waals surface area (Å²) in [6, 6.07) is 8.88. The fourth-order valence-electron chi connectivity index (χ4n) is 1.62. The molecule has 0 amide bonds. The molecule has 106 valence electrons. The number of sulfonamides is 1. The number of rotatable bonds is 5. The Morgan fingerprint density at radius 1 is 1.30 bits per heavy atom. The lowest BCUT2D eigenvalue weighted by Gasteiger charge is -2.10. The predicted molar refractivity (Wildman–Crippen MR) is 80.2 cm³/mol. The molecule has 1 aromatic heterocycles. The number of hydrazine groups is 1. The molecule has 0 aliphatic carbocycles. The topological polar surface area (TPSA) is 97.1 Å². The van der Waals surface area contributed by atoms with E-state index < -0.39 is 10.0 Å². The molecule has 6 nitrogen and oxygen atoms in total. The van der Waals surface area contributed by atoms with Crippen LogP contribution in [0.25, 0.3) is 0 Å². The minimum Gasteiger partial charge on any atom is -0.323 e. The normalized spacial score (nSPS) is 11.3. The van der Waals surface area contributed by atoms with Gasteiger partial charge in [-0.15, -0.1) is 0 Å². The van der Waals surface area contributed by atoms with Crippen LogP contribution in [0, 0.1) is 0 Å². The van der Waals surface area contributed by atoms with Crippen LogP contribution in [0.4, 0.5) is 5.69 Å². The van der Waals surface area contributed by atoms with E-state index in [4.69, 9.17) is 5.84 Å². The Morgan fingerprint density at radius 2 is 2.10 bits per heavy atom. The van der Waals surface area contributed by atoms with Crippen molar-refractivity contribution in [3.05, 3.63) is 52.8 Å². The molecule has 0 aliphatic heterocycles. The second-order valence-electron chi connectivity index (χ2n) is 3.97. The summed E-state index contributed by atoms with van der Waals surface area (Å²) < 4.78 is 27.8. The number of nitrogens with two attached hydrogens (primary N) is 1. The zero-order valence-corrected chi connectivity index (χ0v) is 12.8. The summed E-state index contributed by atoms with van der Waals surface area (Å²) in [6.45, 7) is 0.181. The molecule has 2 aromatic rings. The van der Waals surface area contributed by atoms with Gasteiger partial charge in [-0.3, -0.25) is 10.8 Å². The third-order valence-electron chi connectivity index (χ3n) is 2.58. The van der Waals surface area contributed by atoms with Crippen LogP contribution in [-0.4, -0.2) is 13.4 Å². The van der Waals surface area contributed by atoms with E-state index in [0.717, 1.165) is 10.0 Å². The number of halogens is 1. The molecule has 0 atom stereocenters. The van der Waals surface area contributed by atoms with E-state index in [-0.39, 0.29) is 11.4 Å². The molecule has 0 fully saturated rings. The van der Waals surface area contributed by atoms with Gasteiger partial charge in [-0.25, -0.2) is 13.1 Å². The molecule has 2 rings (SSSR count). The predicted octanol–water partition coefficient (Wildman–Crippen LogP) is 1.61. The van der Waals surface area contributed by atoms with Gasteiger partial charge < -0.3 is 5.43 Å². The highest BCUT2D eigenvalue weighted by atomic mass is 79.9. The van der Waals surface area contributed by atoms with E-state index in [1.165, 1.54) is 18.5 Å². The molecule has 4 N–H and O–H groups in total. The van der Waals surface area contributed by atoms with Crippen LogP contribution in [0.5, 0.6) is 0 Å². The Hall–Kier alpha value is -1.48. The van der Waals surface area contributed by atoms with Gasteiger partial charge >= 0.3 is 0 Å².